The molecule has 1 aromatic carbocycles. The molecule has 1 fully saturated rings. The molecule has 1 saturated heterocycles. The molecule has 104 valence electrons. The standard InChI is InChI=1S/C16H23NO2/c1-3-13-7-4-5-8-14(13)15(18)17-11-6-9-16(2,19)10-12-17/h4-5,7-8,19H,3,6,9-12H2,1-2H3. The van der Waals surface area contributed by atoms with Crippen LogP contribution in [0.2, 0.25) is 0 Å². The van der Waals surface area contributed by atoms with Gasteiger partial charge in [0.25, 0.3) is 5.91 Å². The van der Waals surface area contributed by atoms with E-state index in [9.17, 15) is 9.90 Å². The quantitative estimate of drug-likeness (QED) is 0.889. The van der Waals surface area contributed by atoms with Crippen molar-refractivity contribution in [3.8, 4) is 0 Å². The highest BCUT2D eigenvalue weighted by molar-refractivity contribution is 5.95. The molecule has 3 heteroatoms. The van der Waals surface area contributed by atoms with Crippen LogP contribution < -0.4 is 0 Å². The average molecular weight is 261 g/mol. The summed E-state index contributed by atoms with van der Waals surface area (Å²) in [6, 6.07) is 7.81. The zero-order valence-corrected chi connectivity index (χ0v) is 11.9. The van der Waals surface area contributed by atoms with Crippen molar-refractivity contribution >= 4 is 5.91 Å². The minimum absolute atomic E-state index is 0.107. The van der Waals surface area contributed by atoms with Crippen molar-refractivity contribution < 1.29 is 9.90 Å². The maximum Gasteiger partial charge on any atom is 0.254 e. The molecule has 0 spiro atoms. The van der Waals surface area contributed by atoms with E-state index in [1.807, 2.05) is 36.1 Å². The van der Waals surface area contributed by atoms with Crippen LogP contribution in [0.5, 0.6) is 0 Å². The lowest BCUT2D eigenvalue weighted by Gasteiger charge is -2.23. The van der Waals surface area contributed by atoms with E-state index >= 15 is 0 Å². The Morgan fingerprint density at radius 3 is 2.79 bits per heavy atom. The Bertz CT molecular complexity index is 454. The fourth-order valence-corrected chi connectivity index (χ4v) is 2.67. The smallest absolute Gasteiger partial charge is 0.254 e. The maximum atomic E-state index is 12.6. The first-order chi connectivity index (χ1) is 9.03. The normalized spacial score (nSPS) is 24.1. The van der Waals surface area contributed by atoms with Gasteiger partial charge in [-0.2, -0.15) is 0 Å². The lowest BCUT2D eigenvalue weighted by molar-refractivity contribution is 0.0438. The van der Waals surface area contributed by atoms with E-state index in [0.717, 1.165) is 36.9 Å². The highest BCUT2D eigenvalue weighted by atomic mass is 16.3. The highest BCUT2D eigenvalue weighted by Crippen LogP contribution is 2.23. The van der Waals surface area contributed by atoms with Gasteiger partial charge in [0.15, 0.2) is 0 Å². The number of likely N-dealkylation sites (tertiary alicyclic amines) is 1. The number of carbonyl (C=O) groups excluding carboxylic acids is 1. The molecule has 0 aromatic heterocycles. The molecular weight excluding hydrogens is 238 g/mol. The predicted octanol–water partition coefficient (Wildman–Crippen LogP) is 2.63. The van der Waals surface area contributed by atoms with Gasteiger partial charge in [-0.3, -0.25) is 4.79 Å². The van der Waals surface area contributed by atoms with E-state index in [1.54, 1.807) is 0 Å². The fraction of sp³-hybridized carbons (Fsp3) is 0.562. The number of hydrogen-bond donors (Lipinski definition) is 1. The second-order valence-electron chi connectivity index (χ2n) is 5.65. The van der Waals surface area contributed by atoms with Crippen LogP contribution in [0.1, 0.15) is 49.0 Å². The van der Waals surface area contributed by atoms with E-state index in [-0.39, 0.29) is 5.91 Å². The Morgan fingerprint density at radius 1 is 1.32 bits per heavy atom. The maximum absolute atomic E-state index is 12.6. The van der Waals surface area contributed by atoms with Crippen LogP contribution >= 0.6 is 0 Å². The van der Waals surface area contributed by atoms with Crippen molar-refractivity contribution in [3.05, 3.63) is 35.4 Å². The first-order valence-corrected chi connectivity index (χ1v) is 7.13. The van der Waals surface area contributed by atoms with E-state index in [1.165, 1.54) is 0 Å². The molecule has 0 radical (unpaired) electrons. The molecule has 1 atom stereocenters. The molecule has 2 rings (SSSR count). The summed E-state index contributed by atoms with van der Waals surface area (Å²) in [4.78, 5) is 14.5. The third kappa shape index (κ3) is 3.35. The summed E-state index contributed by atoms with van der Waals surface area (Å²) in [5, 5.41) is 10.1. The Morgan fingerprint density at radius 2 is 2.05 bits per heavy atom. The van der Waals surface area contributed by atoms with Crippen molar-refractivity contribution in [1.82, 2.24) is 4.90 Å². The summed E-state index contributed by atoms with van der Waals surface area (Å²) < 4.78 is 0. The van der Waals surface area contributed by atoms with E-state index in [2.05, 4.69) is 6.92 Å². The fourth-order valence-electron chi connectivity index (χ4n) is 2.67. The van der Waals surface area contributed by atoms with E-state index in [0.29, 0.717) is 13.0 Å². The van der Waals surface area contributed by atoms with Crippen LogP contribution in [0.15, 0.2) is 24.3 Å². The van der Waals surface area contributed by atoms with E-state index in [4.69, 9.17) is 0 Å². The van der Waals surface area contributed by atoms with Crippen molar-refractivity contribution in [3.63, 3.8) is 0 Å². The Hall–Kier alpha value is -1.35. The van der Waals surface area contributed by atoms with Gasteiger partial charge in [0.1, 0.15) is 0 Å². The van der Waals surface area contributed by atoms with Crippen LogP contribution in [-0.2, 0) is 6.42 Å². The number of aryl methyl sites for hydroxylation is 1. The molecule has 1 aliphatic rings. The first-order valence-electron chi connectivity index (χ1n) is 7.13. The summed E-state index contributed by atoms with van der Waals surface area (Å²) in [6.45, 7) is 5.32. The average Bonchev–Trinajstić information content (AvgIpc) is 2.59. The van der Waals surface area contributed by atoms with Gasteiger partial charge in [-0.05, 0) is 44.2 Å². The number of hydrogen-bond acceptors (Lipinski definition) is 2. The number of carbonyl (C=O) groups is 1. The topological polar surface area (TPSA) is 40.5 Å². The molecule has 1 aliphatic heterocycles. The summed E-state index contributed by atoms with van der Waals surface area (Å²) >= 11 is 0. The zero-order valence-electron chi connectivity index (χ0n) is 11.9. The number of nitrogens with zero attached hydrogens (tertiary/aromatic N) is 1. The SMILES string of the molecule is CCc1ccccc1C(=O)N1CCCC(C)(O)CC1. The summed E-state index contributed by atoms with van der Waals surface area (Å²) in [5.41, 5.74) is 1.29. The van der Waals surface area contributed by atoms with Gasteiger partial charge in [0, 0.05) is 18.7 Å². The molecule has 1 amide bonds. The van der Waals surface area contributed by atoms with Gasteiger partial charge in [0.2, 0.25) is 0 Å². The number of amides is 1. The largest absolute Gasteiger partial charge is 0.390 e. The van der Waals surface area contributed by atoms with Crippen molar-refractivity contribution in [2.75, 3.05) is 13.1 Å². The summed E-state index contributed by atoms with van der Waals surface area (Å²) in [7, 11) is 0. The number of aliphatic hydroxyl groups is 1. The molecule has 3 nitrogen and oxygen atoms in total. The third-order valence-electron chi connectivity index (χ3n) is 3.98. The Balaban J connectivity index is 2.15. The molecule has 1 unspecified atom stereocenters. The minimum Gasteiger partial charge on any atom is -0.390 e. The number of rotatable bonds is 2. The van der Waals surface area contributed by atoms with Gasteiger partial charge in [0.05, 0.1) is 5.60 Å². The van der Waals surface area contributed by atoms with Crippen LogP contribution in [0.3, 0.4) is 0 Å². The van der Waals surface area contributed by atoms with Crippen LogP contribution in [0.4, 0.5) is 0 Å². The van der Waals surface area contributed by atoms with Crippen molar-refractivity contribution in [1.29, 1.82) is 0 Å². The van der Waals surface area contributed by atoms with Gasteiger partial charge in [-0.1, -0.05) is 25.1 Å². The molecular formula is C16H23NO2. The monoisotopic (exact) mass is 261 g/mol. The second kappa shape index (κ2) is 5.74. The highest BCUT2D eigenvalue weighted by Gasteiger charge is 2.27. The predicted molar refractivity (Wildman–Crippen MR) is 76.2 cm³/mol. The van der Waals surface area contributed by atoms with Crippen LogP contribution in [0.25, 0.3) is 0 Å². The molecule has 1 heterocycles. The third-order valence-corrected chi connectivity index (χ3v) is 3.98. The molecule has 0 bridgehead atoms. The second-order valence-corrected chi connectivity index (χ2v) is 5.65. The van der Waals surface area contributed by atoms with Gasteiger partial charge in [-0.15, -0.1) is 0 Å². The summed E-state index contributed by atoms with van der Waals surface area (Å²) in [6.07, 6.45) is 3.17. The van der Waals surface area contributed by atoms with Gasteiger partial charge >= 0.3 is 0 Å². The van der Waals surface area contributed by atoms with Gasteiger partial charge in [-0.25, -0.2) is 0 Å². The lowest BCUT2D eigenvalue weighted by Crippen LogP contribution is -2.34. The minimum atomic E-state index is -0.626. The molecule has 0 saturated carbocycles. The first kappa shape index (κ1) is 14.1. The van der Waals surface area contributed by atoms with Crippen LogP contribution in [-0.4, -0.2) is 34.6 Å². The number of benzene rings is 1. The van der Waals surface area contributed by atoms with Crippen molar-refractivity contribution in [2.24, 2.45) is 0 Å². The lowest BCUT2D eigenvalue weighted by atomic mass is 9.98. The summed E-state index contributed by atoms with van der Waals surface area (Å²) in [5.74, 6) is 0.107. The Kier molecular flexibility index (Phi) is 4.25. The van der Waals surface area contributed by atoms with E-state index < -0.39 is 5.60 Å². The van der Waals surface area contributed by atoms with Crippen molar-refractivity contribution in [2.45, 2.75) is 45.1 Å². The Labute approximate surface area is 115 Å². The molecule has 19 heavy (non-hydrogen) atoms. The molecule has 0 aliphatic carbocycles. The molecule has 1 N–H and O–H groups in total. The zero-order chi connectivity index (χ0) is 13.9. The molecule has 1 aromatic rings. The van der Waals surface area contributed by atoms with Gasteiger partial charge < -0.3 is 10.0 Å². The van der Waals surface area contributed by atoms with Crippen LogP contribution in [0, 0.1) is 0 Å².